The van der Waals surface area contributed by atoms with Crippen LogP contribution in [0.25, 0.3) is 20.7 Å². The lowest BCUT2D eigenvalue weighted by Crippen LogP contribution is -2.26. The van der Waals surface area contributed by atoms with Gasteiger partial charge in [-0.2, -0.15) is 0 Å². The Morgan fingerprint density at radius 2 is 2.10 bits per heavy atom. The summed E-state index contributed by atoms with van der Waals surface area (Å²) in [4.78, 5) is 23.9. The molecular weight excluding hydrogens is 404 g/mol. The monoisotopic (exact) mass is 424 g/mol. The second-order valence-electron chi connectivity index (χ2n) is 7.52. The van der Waals surface area contributed by atoms with Crippen LogP contribution in [0.5, 0.6) is 0 Å². The van der Waals surface area contributed by atoms with Crippen molar-refractivity contribution in [3.63, 3.8) is 0 Å². The molecule has 0 radical (unpaired) electrons. The van der Waals surface area contributed by atoms with Gasteiger partial charge in [0, 0.05) is 28.8 Å². The normalized spacial score (nSPS) is 17.4. The summed E-state index contributed by atoms with van der Waals surface area (Å²) in [6.07, 6.45) is 4.37. The molecule has 0 unspecified atom stereocenters. The van der Waals surface area contributed by atoms with E-state index in [1.165, 1.54) is 17.0 Å². The second kappa shape index (κ2) is 7.44. The van der Waals surface area contributed by atoms with Gasteiger partial charge in [0.25, 0.3) is 5.56 Å². The van der Waals surface area contributed by atoms with Gasteiger partial charge < -0.3 is 9.55 Å². The van der Waals surface area contributed by atoms with Gasteiger partial charge in [0.05, 0.1) is 18.1 Å². The molecule has 3 aromatic heterocycles. The number of thiophene rings is 1. The fraction of sp³-hybridized carbons (Fsp3) is 0.273. The molecule has 7 heteroatoms. The van der Waals surface area contributed by atoms with Crippen LogP contribution in [0.2, 0.25) is 5.02 Å². The lowest BCUT2D eigenvalue weighted by molar-refractivity contribution is 0.235. The highest BCUT2D eigenvalue weighted by atomic mass is 35.5. The van der Waals surface area contributed by atoms with Crippen molar-refractivity contribution >= 4 is 33.2 Å². The molecule has 4 heterocycles. The summed E-state index contributed by atoms with van der Waals surface area (Å²) in [6, 6.07) is 14.3. The minimum atomic E-state index is -0.0650. The molecule has 0 aliphatic carbocycles. The molecule has 0 spiro atoms. The van der Waals surface area contributed by atoms with Gasteiger partial charge in [0.1, 0.15) is 10.5 Å². The number of rotatable bonds is 4. The van der Waals surface area contributed by atoms with E-state index < -0.39 is 0 Å². The van der Waals surface area contributed by atoms with Crippen LogP contribution in [0.4, 0.5) is 0 Å². The first-order chi connectivity index (χ1) is 14.1. The summed E-state index contributed by atoms with van der Waals surface area (Å²) < 4.78 is 2.85. The number of aromatic amines is 1. The molecule has 4 aromatic rings. The van der Waals surface area contributed by atoms with Crippen molar-refractivity contribution < 1.29 is 0 Å². The Morgan fingerprint density at radius 1 is 1.28 bits per heavy atom. The van der Waals surface area contributed by atoms with Gasteiger partial charge in [-0.05, 0) is 55.3 Å². The number of nitrogens with zero attached hydrogens (tertiary/aromatic N) is 3. The molecule has 0 saturated carbocycles. The number of fused-ring (bicyclic) bond motifs is 1. The highest BCUT2D eigenvalue weighted by Crippen LogP contribution is 2.34. The second-order valence-corrected chi connectivity index (χ2v) is 9.01. The third-order valence-corrected chi connectivity index (χ3v) is 7.03. The fourth-order valence-corrected chi connectivity index (χ4v) is 5.31. The SMILES string of the molecule is Cn1cccc1[C@H]1CCCN1Cc1nc2cc(-c3ccc(Cl)cc3)sc2c(=O)[nH]1. The minimum Gasteiger partial charge on any atom is -0.353 e. The number of hydrogen-bond donors (Lipinski definition) is 1. The van der Waals surface area contributed by atoms with Gasteiger partial charge >= 0.3 is 0 Å². The van der Waals surface area contributed by atoms with E-state index in [0.717, 1.165) is 41.2 Å². The van der Waals surface area contributed by atoms with Crippen LogP contribution in [0.3, 0.4) is 0 Å². The molecule has 29 heavy (non-hydrogen) atoms. The first-order valence-corrected chi connectivity index (χ1v) is 10.9. The van der Waals surface area contributed by atoms with Crippen LogP contribution in [0.1, 0.15) is 30.4 Å². The molecule has 1 aromatic carbocycles. The molecule has 0 amide bonds. The van der Waals surface area contributed by atoms with E-state index in [1.54, 1.807) is 0 Å². The van der Waals surface area contributed by atoms with E-state index in [4.69, 9.17) is 16.6 Å². The van der Waals surface area contributed by atoms with Gasteiger partial charge in [-0.25, -0.2) is 4.98 Å². The summed E-state index contributed by atoms with van der Waals surface area (Å²) in [6.45, 7) is 1.66. The van der Waals surface area contributed by atoms with Crippen LogP contribution >= 0.6 is 22.9 Å². The highest BCUT2D eigenvalue weighted by Gasteiger charge is 2.28. The van der Waals surface area contributed by atoms with Crippen molar-refractivity contribution in [1.82, 2.24) is 19.4 Å². The third kappa shape index (κ3) is 3.52. The maximum atomic E-state index is 12.7. The van der Waals surface area contributed by atoms with E-state index in [-0.39, 0.29) is 5.56 Å². The Kier molecular flexibility index (Phi) is 4.78. The fourth-order valence-electron chi connectivity index (χ4n) is 4.18. The first kappa shape index (κ1) is 18.6. The molecule has 1 aliphatic rings. The highest BCUT2D eigenvalue weighted by molar-refractivity contribution is 7.22. The largest absolute Gasteiger partial charge is 0.353 e. The topological polar surface area (TPSA) is 53.9 Å². The van der Waals surface area contributed by atoms with Gasteiger partial charge in [-0.1, -0.05) is 23.7 Å². The lowest BCUT2D eigenvalue weighted by atomic mass is 10.1. The quantitative estimate of drug-likeness (QED) is 0.502. The van der Waals surface area contributed by atoms with Crippen LogP contribution in [-0.2, 0) is 13.6 Å². The van der Waals surface area contributed by atoms with Gasteiger partial charge in [-0.3, -0.25) is 9.69 Å². The molecule has 1 atom stereocenters. The number of hydrogen-bond acceptors (Lipinski definition) is 4. The molecular formula is C22H21ClN4OS. The predicted molar refractivity (Wildman–Crippen MR) is 118 cm³/mol. The van der Waals surface area contributed by atoms with Crippen molar-refractivity contribution in [3.8, 4) is 10.4 Å². The Hall–Kier alpha value is -2.41. The average Bonchev–Trinajstić information content (AvgIpc) is 3.42. The zero-order valence-electron chi connectivity index (χ0n) is 16.1. The summed E-state index contributed by atoms with van der Waals surface area (Å²) in [5, 5.41) is 0.700. The molecule has 1 saturated heterocycles. The number of halogens is 1. The van der Waals surface area contributed by atoms with Crippen LogP contribution in [0.15, 0.2) is 53.5 Å². The molecule has 0 bridgehead atoms. The Balaban J connectivity index is 1.46. The Morgan fingerprint density at radius 3 is 2.86 bits per heavy atom. The van der Waals surface area contributed by atoms with Crippen molar-refractivity contribution in [2.75, 3.05) is 6.54 Å². The zero-order chi connectivity index (χ0) is 20.0. The molecule has 5 rings (SSSR count). The number of aromatic nitrogens is 3. The lowest BCUT2D eigenvalue weighted by Gasteiger charge is -2.24. The maximum absolute atomic E-state index is 12.7. The number of benzene rings is 1. The molecule has 1 N–H and O–H groups in total. The van der Waals surface area contributed by atoms with Gasteiger partial charge in [0.2, 0.25) is 0 Å². The van der Waals surface area contributed by atoms with E-state index in [2.05, 4.69) is 39.8 Å². The van der Waals surface area contributed by atoms with Crippen molar-refractivity contribution in [2.45, 2.75) is 25.4 Å². The van der Waals surface area contributed by atoms with Crippen molar-refractivity contribution in [2.24, 2.45) is 7.05 Å². The summed E-state index contributed by atoms with van der Waals surface area (Å²) in [7, 11) is 2.08. The molecule has 148 valence electrons. The average molecular weight is 425 g/mol. The molecule has 1 aliphatic heterocycles. The van der Waals surface area contributed by atoms with Gasteiger partial charge in [-0.15, -0.1) is 11.3 Å². The number of nitrogens with one attached hydrogen (secondary N) is 1. The standard InChI is InChI=1S/C22H21ClN4OS/c1-26-10-2-4-17(26)18-5-3-11-27(18)13-20-24-16-12-19(29-21(16)22(28)25-20)14-6-8-15(23)9-7-14/h2,4,6-10,12,18H,3,5,11,13H2,1H3,(H,24,25,28)/t18-/m1/s1. The van der Waals surface area contributed by atoms with Crippen molar-refractivity contribution in [3.05, 3.63) is 75.6 Å². The van der Waals surface area contributed by atoms with Crippen LogP contribution in [0, 0.1) is 0 Å². The smallest absolute Gasteiger partial charge is 0.268 e. The molecule has 5 nitrogen and oxygen atoms in total. The first-order valence-electron chi connectivity index (χ1n) is 9.72. The predicted octanol–water partition coefficient (Wildman–Crippen LogP) is 4.98. The Bertz CT molecular complexity index is 1220. The van der Waals surface area contributed by atoms with Crippen LogP contribution < -0.4 is 5.56 Å². The number of H-pyrrole nitrogens is 1. The van der Waals surface area contributed by atoms with Gasteiger partial charge in [0.15, 0.2) is 0 Å². The maximum Gasteiger partial charge on any atom is 0.268 e. The van der Waals surface area contributed by atoms with E-state index in [0.29, 0.717) is 22.3 Å². The summed E-state index contributed by atoms with van der Waals surface area (Å²) >= 11 is 7.46. The Labute approximate surface area is 177 Å². The van der Waals surface area contributed by atoms with E-state index in [1.807, 2.05) is 30.3 Å². The molecule has 1 fully saturated rings. The van der Waals surface area contributed by atoms with Crippen LogP contribution in [-0.4, -0.2) is 26.0 Å². The minimum absolute atomic E-state index is 0.0650. The zero-order valence-corrected chi connectivity index (χ0v) is 17.6. The number of likely N-dealkylation sites (tertiary alicyclic amines) is 1. The summed E-state index contributed by atoms with van der Waals surface area (Å²) in [5.74, 6) is 0.726. The third-order valence-electron chi connectivity index (χ3n) is 5.60. The van der Waals surface area contributed by atoms with E-state index >= 15 is 0 Å². The van der Waals surface area contributed by atoms with Crippen molar-refractivity contribution in [1.29, 1.82) is 0 Å². The summed E-state index contributed by atoms with van der Waals surface area (Å²) in [5.41, 5.74) is 3.05. The van der Waals surface area contributed by atoms with E-state index in [9.17, 15) is 4.79 Å². The number of aryl methyl sites for hydroxylation is 1.